The Labute approximate surface area is 179 Å². The predicted molar refractivity (Wildman–Crippen MR) is 110 cm³/mol. The van der Waals surface area contributed by atoms with Crippen molar-refractivity contribution in [2.45, 2.75) is 45.3 Å². The van der Waals surface area contributed by atoms with Crippen molar-refractivity contribution < 1.29 is 28.7 Å². The van der Waals surface area contributed by atoms with Crippen molar-refractivity contribution in [2.24, 2.45) is 0 Å². The van der Waals surface area contributed by atoms with Crippen LogP contribution in [-0.4, -0.2) is 71.3 Å². The highest BCUT2D eigenvalue weighted by atomic mass is 16.6. The van der Waals surface area contributed by atoms with Crippen LogP contribution in [0.15, 0.2) is 18.2 Å². The van der Waals surface area contributed by atoms with Crippen molar-refractivity contribution in [1.29, 1.82) is 0 Å². The summed E-state index contributed by atoms with van der Waals surface area (Å²) in [6.45, 7) is 5.81. The van der Waals surface area contributed by atoms with Gasteiger partial charge in [-0.25, -0.2) is 4.79 Å². The number of likely N-dealkylation sites (tertiary alicyclic amines) is 1. The maximum absolute atomic E-state index is 13.1. The Kier molecular flexibility index (Phi) is 6.01. The van der Waals surface area contributed by atoms with Gasteiger partial charge >= 0.3 is 6.09 Å². The van der Waals surface area contributed by atoms with E-state index in [1.165, 1.54) is 13.1 Å². The molecule has 3 rings (SSSR count). The predicted octanol–water partition coefficient (Wildman–Crippen LogP) is 1.37. The van der Waals surface area contributed by atoms with Gasteiger partial charge in [-0.15, -0.1) is 0 Å². The van der Waals surface area contributed by atoms with Crippen LogP contribution < -0.4 is 10.6 Å². The van der Waals surface area contributed by atoms with Gasteiger partial charge in [0.15, 0.2) is 0 Å². The molecule has 31 heavy (non-hydrogen) atoms. The second kappa shape index (κ2) is 8.37. The topological polar surface area (TPSA) is 125 Å². The fourth-order valence-electron chi connectivity index (χ4n) is 3.55. The number of alkyl carbamates (subject to hydrolysis) is 1. The van der Waals surface area contributed by atoms with Crippen molar-refractivity contribution in [1.82, 2.24) is 15.1 Å². The molecular formula is C21H26N4O6. The van der Waals surface area contributed by atoms with Gasteiger partial charge in [0, 0.05) is 32.2 Å². The van der Waals surface area contributed by atoms with Crippen LogP contribution in [0.25, 0.3) is 0 Å². The number of amides is 5. The molecule has 2 aliphatic heterocycles. The van der Waals surface area contributed by atoms with Crippen LogP contribution in [0.1, 0.15) is 54.3 Å². The lowest BCUT2D eigenvalue weighted by Crippen LogP contribution is -2.54. The smallest absolute Gasteiger partial charge is 0.407 e. The first kappa shape index (κ1) is 22.3. The molecule has 2 aliphatic rings. The molecule has 1 aromatic rings. The molecule has 1 unspecified atom stereocenters. The summed E-state index contributed by atoms with van der Waals surface area (Å²) in [5, 5.41) is 5.65. The lowest BCUT2D eigenvalue weighted by Gasteiger charge is -2.32. The number of hydrogen-bond donors (Lipinski definition) is 2. The fraction of sp³-hybridized carbons (Fsp3) is 0.476. The number of ether oxygens (including phenoxy) is 1. The van der Waals surface area contributed by atoms with E-state index in [9.17, 15) is 24.0 Å². The monoisotopic (exact) mass is 430 g/mol. The van der Waals surface area contributed by atoms with Crippen molar-refractivity contribution in [2.75, 3.05) is 25.5 Å². The van der Waals surface area contributed by atoms with Crippen molar-refractivity contribution in [3.05, 3.63) is 29.3 Å². The zero-order chi connectivity index (χ0) is 22.9. The zero-order valence-corrected chi connectivity index (χ0v) is 18.0. The van der Waals surface area contributed by atoms with Crippen molar-refractivity contribution >= 4 is 35.4 Å². The number of fused-ring (bicyclic) bond motifs is 1. The molecule has 1 aromatic carbocycles. The summed E-state index contributed by atoms with van der Waals surface area (Å²) in [6, 6.07) is 3.81. The third kappa shape index (κ3) is 4.52. The number of likely N-dealkylation sites (N-methyl/N-ethyl adjacent to an activating group) is 1. The molecule has 0 aliphatic carbocycles. The van der Waals surface area contributed by atoms with Crippen LogP contribution in [0.5, 0.6) is 0 Å². The molecule has 0 aromatic heterocycles. The molecular weight excluding hydrogens is 404 g/mol. The minimum absolute atomic E-state index is 0.0851. The summed E-state index contributed by atoms with van der Waals surface area (Å²) >= 11 is 0. The maximum atomic E-state index is 13.1. The molecule has 10 nitrogen and oxygen atoms in total. The van der Waals surface area contributed by atoms with Gasteiger partial charge in [-0.1, -0.05) is 6.07 Å². The number of benzene rings is 1. The molecule has 10 heteroatoms. The summed E-state index contributed by atoms with van der Waals surface area (Å²) in [5.74, 6) is -2.04. The van der Waals surface area contributed by atoms with Gasteiger partial charge in [-0.2, -0.15) is 0 Å². The molecule has 2 N–H and O–H groups in total. The first-order chi connectivity index (χ1) is 14.5. The van der Waals surface area contributed by atoms with Crippen molar-refractivity contribution in [3.63, 3.8) is 0 Å². The summed E-state index contributed by atoms with van der Waals surface area (Å²) < 4.78 is 5.16. The minimum atomic E-state index is -1.00. The number of carbonyl (C=O) groups is 5. The Morgan fingerprint density at radius 2 is 1.84 bits per heavy atom. The molecule has 0 saturated carbocycles. The van der Waals surface area contributed by atoms with Gasteiger partial charge in [0.25, 0.3) is 17.7 Å². The first-order valence-electron chi connectivity index (χ1n) is 10.0. The van der Waals surface area contributed by atoms with E-state index in [-0.39, 0.29) is 43.0 Å². The fourth-order valence-corrected chi connectivity index (χ4v) is 3.55. The molecule has 0 spiro atoms. The number of nitrogens with zero attached hydrogens (tertiary/aromatic N) is 2. The van der Waals surface area contributed by atoms with E-state index in [1.54, 1.807) is 32.9 Å². The average Bonchev–Trinajstić information content (AvgIpc) is 2.94. The van der Waals surface area contributed by atoms with Crippen LogP contribution in [0, 0.1) is 0 Å². The second-order valence-corrected chi connectivity index (χ2v) is 8.41. The van der Waals surface area contributed by atoms with Crippen LogP contribution >= 0.6 is 0 Å². The van der Waals surface area contributed by atoms with E-state index >= 15 is 0 Å². The summed E-state index contributed by atoms with van der Waals surface area (Å²) in [7, 11) is 1.35. The number of nitrogens with one attached hydrogen (secondary N) is 2. The second-order valence-electron chi connectivity index (χ2n) is 8.41. The quantitative estimate of drug-likeness (QED) is 0.534. The normalized spacial score (nSPS) is 18.9. The third-order valence-corrected chi connectivity index (χ3v) is 4.99. The molecule has 5 amide bonds. The van der Waals surface area contributed by atoms with E-state index in [1.807, 2.05) is 0 Å². The lowest BCUT2D eigenvalue weighted by molar-refractivity contribution is -0.149. The molecule has 0 radical (unpaired) electrons. The number of anilines is 1. The molecule has 1 saturated heterocycles. The Morgan fingerprint density at radius 1 is 1.13 bits per heavy atom. The summed E-state index contributed by atoms with van der Waals surface area (Å²) in [6.07, 6.45) is -0.364. The van der Waals surface area contributed by atoms with E-state index in [4.69, 9.17) is 4.74 Å². The van der Waals surface area contributed by atoms with Gasteiger partial charge in [-0.3, -0.25) is 29.0 Å². The molecule has 1 fully saturated rings. The zero-order valence-electron chi connectivity index (χ0n) is 18.0. The van der Waals surface area contributed by atoms with Crippen LogP contribution in [0.2, 0.25) is 0 Å². The van der Waals surface area contributed by atoms with E-state index < -0.39 is 35.5 Å². The van der Waals surface area contributed by atoms with Gasteiger partial charge in [0.1, 0.15) is 11.6 Å². The van der Waals surface area contributed by atoms with Crippen LogP contribution in [0.4, 0.5) is 10.5 Å². The number of hydrogen-bond acceptors (Lipinski definition) is 7. The van der Waals surface area contributed by atoms with Crippen molar-refractivity contribution in [3.8, 4) is 0 Å². The molecule has 1 atom stereocenters. The number of rotatable bonds is 5. The average molecular weight is 430 g/mol. The lowest BCUT2D eigenvalue weighted by atomic mass is 10.0. The van der Waals surface area contributed by atoms with Gasteiger partial charge in [-0.05, 0) is 39.3 Å². The Balaban J connectivity index is 1.69. The van der Waals surface area contributed by atoms with E-state index in [0.29, 0.717) is 5.69 Å². The van der Waals surface area contributed by atoms with E-state index in [0.717, 1.165) is 9.80 Å². The molecule has 0 bridgehead atoms. The first-order valence-corrected chi connectivity index (χ1v) is 10.0. The highest BCUT2D eigenvalue weighted by molar-refractivity contribution is 6.25. The SMILES string of the molecule is CN1C(=O)CCC(N2C(=O)c3cccc(NCCNC(=O)OC(C)(C)C)c3C2=O)C1=O. The summed E-state index contributed by atoms with van der Waals surface area (Å²) in [5.41, 5.74) is 0.195. The largest absolute Gasteiger partial charge is 0.444 e. The summed E-state index contributed by atoms with van der Waals surface area (Å²) in [4.78, 5) is 63.9. The standard InChI is InChI=1S/C21H26N4O6/c1-21(2,3)31-20(30)23-11-10-22-13-7-5-6-12-16(13)19(29)25(17(12)27)14-8-9-15(26)24(4)18(14)28/h5-7,14,22H,8-11H2,1-4H3,(H,23,30). The van der Waals surface area contributed by atoms with Gasteiger partial charge < -0.3 is 15.4 Å². The Bertz CT molecular complexity index is 952. The van der Waals surface area contributed by atoms with Gasteiger partial charge in [0.05, 0.1) is 11.1 Å². The highest BCUT2D eigenvalue weighted by Gasteiger charge is 2.47. The minimum Gasteiger partial charge on any atom is -0.444 e. The number of piperidine rings is 1. The number of carbonyl (C=O) groups excluding carboxylic acids is 5. The van der Waals surface area contributed by atoms with Crippen LogP contribution in [0.3, 0.4) is 0 Å². The number of imide groups is 2. The molecule has 2 heterocycles. The van der Waals surface area contributed by atoms with E-state index in [2.05, 4.69) is 10.6 Å². The van der Waals surface area contributed by atoms with Gasteiger partial charge in [0.2, 0.25) is 5.91 Å². The Morgan fingerprint density at radius 3 is 2.52 bits per heavy atom. The van der Waals surface area contributed by atoms with Crippen LogP contribution in [-0.2, 0) is 14.3 Å². The Hall–Kier alpha value is -3.43. The highest BCUT2D eigenvalue weighted by Crippen LogP contribution is 2.33. The third-order valence-electron chi connectivity index (χ3n) is 4.99. The molecule has 166 valence electrons. The maximum Gasteiger partial charge on any atom is 0.407 e.